The summed E-state index contributed by atoms with van der Waals surface area (Å²) < 4.78 is 16.6. The fourth-order valence-corrected chi connectivity index (χ4v) is 3.90. The summed E-state index contributed by atoms with van der Waals surface area (Å²) in [5, 5.41) is 7.07. The van der Waals surface area contributed by atoms with Crippen LogP contribution in [0.1, 0.15) is 18.1 Å². The van der Waals surface area contributed by atoms with E-state index in [4.69, 9.17) is 35.8 Å². The molecule has 4 rings (SSSR count). The lowest BCUT2D eigenvalue weighted by atomic mass is 9.99. The van der Waals surface area contributed by atoms with Gasteiger partial charge in [0, 0.05) is 29.3 Å². The van der Waals surface area contributed by atoms with Crippen molar-refractivity contribution in [1.82, 2.24) is 5.01 Å². The van der Waals surface area contributed by atoms with Crippen molar-refractivity contribution in [3.63, 3.8) is 0 Å². The van der Waals surface area contributed by atoms with E-state index in [0.29, 0.717) is 42.0 Å². The normalized spacial score (nSPS) is 16.9. The van der Waals surface area contributed by atoms with Crippen LogP contribution in [0.15, 0.2) is 64.1 Å². The van der Waals surface area contributed by atoms with Crippen LogP contribution in [-0.2, 0) is 4.74 Å². The highest BCUT2D eigenvalue weighted by atomic mass is 35.5. The predicted octanol–water partition coefficient (Wildman–Crippen LogP) is 4.50. The number of fused-ring (bicyclic) bond motifs is 2. The van der Waals surface area contributed by atoms with Crippen LogP contribution in [0.2, 0.25) is 5.02 Å². The zero-order chi connectivity index (χ0) is 22.7. The molecule has 2 aliphatic heterocycles. The Labute approximate surface area is 192 Å². The molecule has 7 nitrogen and oxygen atoms in total. The van der Waals surface area contributed by atoms with E-state index in [2.05, 4.69) is 11.7 Å². The number of aliphatic imine (C=N–C) groups is 2. The lowest BCUT2D eigenvalue weighted by Crippen LogP contribution is -2.30. The average molecular weight is 453 g/mol. The molecule has 0 spiro atoms. The molecule has 0 saturated heterocycles. The molecular formula is C24H25ClN4O3. The van der Waals surface area contributed by atoms with Crippen LogP contribution in [0.5, 0.6) is 11.5 Å². The molecule has 2 aliphatic rings. The van der Waals surface area contributed by atoms with E-state index < -0.39 is 0 Å². The van der Waals surface area contributed by atoms with E-state index in [0.717, 1.165) is 28.4 Å². The predicted molar refractivity (Wildman–Crippen MR) is 128 cm³/mol. The topological polar surface area (TPSA) is 68.0 Å². The Morgan fingerprint density at radius 3 is 2.66 bits per heavy atom. The Bertz CT molecular complexity index is 1130. The van der Waals surface area contributed by atoms with Crippen molar-refractivity contribution in [1.29, 1.82) is 0 Å². The maximum Gasteiger partial charge on any atom is 0.162 e. The third-order valence-corrected chi connectivity index (χ3v) is 5.52. The van der Waals surface area contributed by atoms with E-state index in [1.54, 1.807) is 20.3 Å². The number of amidine groups is 1. The van der Waals surface area contributed by atoms with Gasteiger partial charge in [-0.3, -0.25) is 4.99 Å². The highest BCUT2D eigenvalue weighted by molar-refractivity contribution is 6.36. The molecule has 0 radical (unpaired) electrons. The third kappa shape index (κ3) is 4.13. The smallest absolute Gasteiger partial charge is 0.162 e. The highest BCUT2D eigenvalue weighted by Crippen LogP contribution is 2.39. The van der Waals surface area contributed by atoms with Crippen LogP contribution in [-0.4, -0.2) is 62.3 Å². The van der Waals surface area contributed by atoms with Gasteiger partial charge in [0.15, 0.2) is 17.3 Å². The molecule has 0 amide bonds. The SMILES string of the molecule is C=CCN1N=C(C)C2N=C(c3ccccc3Cl)c3cc(OCCOC)c(OC)cc3N=C21. The van der Waals surface area contributed by atoms with E-state index in [1.807, 2.05) is 48.3 Å². The van der Waals surface area contributed by atoms with Gasteiger partial charge in [-0.15, -0.1) is 6.58 Å². The van der Waals surface area contributed by atoms with Gasteiger partial charge in [0.25, 0.3) is 0 Å². The first kappa shape index (κ1) is 22.0. The number of rotatable bonds is 8. The fourth-order valence-electron chi connectivity index (χ4n) is 3.68. The summed E-state index contributed by atoms with van der Waals surface area (Å²) in [5.41, 5.74) is 3.90. The fraction of sp³-hybridized carbons (Fsp3) is 0.292. The maximum absolute atomic E-state index is 6.59. The Hall–Kier alpha value is -3.16. The minimum absolute atomic E-state index is 0.322. The molecule has 166 valence electrons. The number of halogens is 1. The van der Waals surface area contributed by atoms with Crippen molar-refractivity contribution in [3.8, 4) is 11.5 Å². The molecule has 1 atom stereocenters. The zero-order valence-electron chi connectivity index (χ0n) is 18.3. The van der Waals surface area contributed by atoms with Gasteiger partial charge in [0.1, 0.15) is 12.6 Å². The van der Waals surface area contributed by atoms with Crippen LogP contribution < -0.4 is 9.47 Å². The molecule has 2 heterocycles. The van der Waals surface area contributed by atoms with Gasteiger partial charge in [0.2, 0.25) is 0 Å². The second kappa shape index (κ2) is 9.54. The number of benzene rings is 2. The molecular weight excluding hydrogens is 428 g/mol. The molecule has 2 aromatic rings. The zero-order valence-corrected chi connectivity index (χ0v) is 19.1. The molecule has 2 aromatic carbocycles. The molecule has 0 bridgehead atoms. The molecule has 0 aromatic heterocycles. The summed E-state index contributed by atoms with van der Waals surface area (Å²) in [6, 6.07) is 11.1. The van der Waals surface area contributed by atoms with E-state index in [1.165, 1.54) is 0 Å². The highest BCUT2D eigenvalue weighted by Gasteiger charge is 2.34. The number of methoxy groups -OCH3 is 2. The quantitative estimate of drug-likeness (QED) is 0.437. The number of nitrogens with zero attached hydrogens (tertiary/aromatic N) is 4. The first-order chi connectivity index (χ1) is 15.6. The van der Waals surface area contributed by atoms with Gasteiger partial charge in [-0.05, 0) is 19.1 Å². The Morgan fingerprint density at radius 2 is 1.94 bits per heavy atom. The molecule has 8 heteroatoms. The lowest BCUT2D eigenvalue weighted by molar-refractivity contribution is 0.144. The number of hydrogen-bond donors (Lipinski definition) is 0. The average Bonchev–Trinajstić information content (AvgIpc) is 2.97. The van der Waals surface area contributed by atoms with Crippen LogP contribution in [0, 0.1) is 0 Å². The van der Waals surface area contributed by atoms with E-state index in [-0.39, 0.29) is 6.04 Å². The summed E-state index contributed by atoms with van der Waals surface area (Å²) in [7, 11) is 3.24. The second-order valence-electron chi connectivity index (χ2n) is 7.30. The van der Waals surface area contributed by atoms with Crippen molar-refractivity contribution < 1.29 is 14.2 Å². The van der Waals surface area contributed by atoms with Crippen LogP contribution in [0.4, 0.5) is 5.69 Å². The van der Waals surface area contributed by atoms with Crippen molar-refractivity contribution in [2.75, 3.05) is 34.0 Å². The van der Waals surface area contributed by atoms with Crippen molar-refractivity contribution in [2.45, 2.75) is 13.0 Å². The summed E-state index contributed by atoms with van der Waals surface area (Å²) in [6.45, 7) is 7.17. The first-order valence-corrected chi connectivity index (χ1v) is 10.6. The maximum atomic E-state index is 6.59. The Kier molecular flexibility index (Phi) is 6.58. The number of ether oxygens (including phenoxy) is 3. The first-order valence-electron chi connectivity index (χ1n) is 10.3. The molecule has 0 saturated carbocycles. The summed E-state index contributed by atoms with van der Waals surface area (Å²) in [6.07, 6.45) is 1.79. The minimum Gasteiger partial charge on any atom is -0.493 e. The van der Waals surface area contributed by atoms with Crippen LogP contribution in [0.3, 0.4) is 0 Å². The number of hydrogen-bond acceptors (Lipinski definition) is 7. The molecule has 0 fully saturated rings. The molecule has 1 unspecified atom stereocenters. The van der Waals surface area contributed by atoms with Crippen molar-refractivity contribution in [2.24, 2.45) is 15.1 Å². The van der Waals surface area contributed by atoms with Gasteiger partial charge in [-0.25, -0.2) is 10.0 Å². The van der Waals surface area contributed by atoms with Gasteiger partial charge in [-0.1, -0.05) is 35.9 Å². The van der Waals surface area contributed by atoms with Crippen molar-refractivity contribution >= 4 is 34.5 Å². The van der Waals surface area contributed by atoms with Gasteiger partial charge < -0.3 is 14.2 Å². The number of hydrazone groups is 1. The third-order valence-electron chi connectivity index (χ3n) is 5.19. The lowest BCUT2D eigenvalue weighted by Gasteiger charge is -2.16. The largest absolute Gasteiger partial charge is 0.493 e. The monoisotopic (exact) mass is 452 g/mol. The molecule has 0 aliphatic carbocycles. The van der Waals surface area contributed by atoms with Gasteiger partial charge in [0.05, 0.1) is 37.4 Å². The standard InChI is InChI=1S/C24H25ClN4O3/c1-5-10-29-24-22(15(2)28-29)27-23(16-8-6-7-9-18(16)25)17-13-21(32-12-11-30-3)20(31-4)14-19(17)26-24/h5-9,13-14,22H,1,10-12H2,2-4H3. The molecule has 32 heavy (non-hydrogen) atoms. The summed E-state index contributed by atoms with van der Waals surface area (Å²) >= 11 is 6.59. The van der Waals surface area contributed by atoms with Crippen LogP contribution in [0.25, 0.3) is 0 Å². The van der Waals surface area contributed by atoms with Crippen LogP contribution >= 0.6 is 11.6 Å². The summed E-state index contributed by atoms with van der Waals surface area (Å²) in [4.78, 5) is 10.1. The molecule has 0 N–H and O–H groups in total. The van der Waals surface area contributed by atoms with E-state index >= 15 is 0 Å². The second-order valence-corrected chi connectivity index (χ2v) is 7.71. The van der Waals surface area contributed by atoms with E-state index in [9.17, 15) is 0 Å². The minimum atomic E-state index is -0.322. The van der Waals surface area contributed by atoms with Crippen molar-refractivity contribution in [3.05, 3.63) is 65.2 Å². The van der Waals surface area contributed by atoms with Gasteiger partial charge >= 0.3 is 0 Å². The Balaban J connectivity index is 1.92. The Morgan fingerprint density at radius 1 is 1.12 bits per heavy atom. The van der Waals surface area contributed by atoms with Gasteiger partial charge in [-0.2, -0.15) is 5.10 Å². The summed E-state index contributed by atoms with van der Waals surface area (Å²) in [5.74, 6) is 1.90.